The van der Waals surface area contributed by atoms with Crippen molar-refractivity contribution in [3.8, 4) is 0 Å². The molecule has 0 spiro atoms. The van der Waals surface area contributed by atoms with Gasteiger partial charge in [-0.25, -0.2) is 0 Å². The number of hydrogen-bond donors (Lipinski definition) is 1. The molecule has 2 N–H and O–H groups in total. The van der Waals surface area contributed by atoms with Gasteiger partial charge in [-0.15, -0.1) is 11.3 Å². The molecule has 0 bridgehead atoms. The Morgan fingerprint density at radius 1 is 1.40 bits per heavy atom. The SMILES string of the molecule is CCCC1CCC(CN)(N(C)CCc2cccs2)CC1. The second-order valence-electron chi connectivity index (χ2n) is 6.41. The van der Waals surface area contributed by atoms with Crippen molar-refractivity contribution in [1.82, 2.24) is 4.90 Å². The lowest BCUT2D eigenvalue weighted by molar-refractivity contribution is 0.0641. The highest BCUT2D eigenvalue weighted by molar-refractivity contribution is 7.09. The van der Waals surface area contributed by atoms with Gasteiger partial charge in [-0.05, 0) is 56.5 Å². The summed E-state index contributed by atoms with van der Waals surface area (Å²) < 4.78 is 0. The topological polar surface area (TPSA) is 29.3 Å². The molecule has 1 aliphatic rings. The molecule has 0 atom stereocenters. The van der Waals surface area contributed by atoms with Crippen LogP contribution in [0.5, 0.6) is 0 Å². The van der Waals surface area contributed by atoms with Crippen LogP contribution in [0.25, 0.3) is 0 Å². The van der Waals surface area contributed by atoms with Crippen molar-refractivity contribution in [1.29, 1.82) is 0 Å². The molecule has 1 aromatic heterocycles. The standard InChI is InChI=1S/C17H30N2S/c1-3-5-15-7-10-17(14-18,11-8-15)19(2)12-9-16-6-4-13-20-16/h4,6,13,15H,3,5,7-12,14,18H2,1-2H3. The van der Waals surface area contributed by atoms with Crippen LogP contribution in [-0.4, -0.2) is 30.6 Å². The number of hydrogen-bond acceptors (Lipinski definition) is 3. The van der Waals surface area contributed by atoms with Gasteiger partial charge in [0, 0.05) is 23.5 Å². The van der Waals surface area contributed by atoms with Crippen molar-refractivity contribution >= 4 is 11.3 Å². The first-order valence-electron chi connectivity index (χ1n) is 8.14. The van der Waals surface area contributed by atoms with E-state index < -0.39 is 0 Å². The Balaban J connectivity index is 1.87. The van der Waals surface area contributed by atoms with E-state index in [1.54, 1.807) is 0 Å². The molecule has 2 nitrogen and oxygen atoms in total. The predicted octanol–water partition coefficient (Wildman–Crippen LogP) is 3.91. The molecule has 0 radical (unpaired) electrons. The lowest BCUT2D eigenvalue weighted by Gasteiger charge is -2.46. The first kappa shape index (κ1) is 16.0. The molecule has 0 unspecified atom stereocenters. The summed E-state index contributed by atoms with van der Waals surface area (Å²) in [4.78, 5) is 4.04. The Morgan fingerprint density at radius 2 is 2.15 bits per heavy atom. The molecule has 1 heterocycles. The molecule has 1 saturated carbocycles. The summed E-state index contributed by atoms with van der Waals surface area (Å²) in [6.45, 7) is 4.25. The molecule has 0 amide bonds. The average Bonchev–Trinajstić information content (AvgIpc) is 2.99. The van der Waals surface area contributed by atoms with Crippen LogP contribution in [0, 0.1) is 5.92 Å². The zero-order valence-corrected chi connectivity index (χ0v) is 13.9. The Labute approximate surface area is 128 Å². The maximum atomic E-state index is 6.17. The molecule has 1 fully saturated rings. The minimum Gasteiger partial charge on any atom is -0.329 e. The molecular formula is C17H30N2S. The van der Waals surface area contributed by atoms with Crippen LogP contribution in [0.1, 0.15) is 50.3 Å². The summed E-state index contributed by atoms with van der Waals surface area (Å²) in [6.07, 6.45) is 9.20. The average molecular weight is 295 g/mol. The van der Waals surface area contributed by atoms with E-state index in [4.69, 9.17) is 5.73 Å². The van der Waals surface area contributed by atoms with Crippen LogP contribution in [-0.2, 0) is 6.42 Å². The fraction of sp³-hybridized carbons (Fsp3) is 0.765. The summed E-state index contributed by atoms with van der Waals surface area (Å²) in [7, 11) is 2.28. The molecule has 20 heavy (non-hydrogen) atoms. The van der Waals surface area contributed by atoms with Crippen molar-refractivity contribution in [3.05, 3.63) is 22.4 Å². The van der Waals surface area contributed by atoms with Crippen LogP contribution >= 0.6 is 11.3 Å². The highest BCUT2D eigenvalue weighted by Gasteiger charge is 2.36. The Kier molecular flexibility index (Phi) is 6.06. The van der Waals surface area contributed by atoms with Crippen LogP contribution < -0.4 is 5.73 Å². The van der Waals surface area contributed by atoms with Gasteiger partial charge in [-0.3, -0.25) is 4.90 Å². The van der Waals surface area contributed by atoms with E-state index in [2.05, 4.69) is 36.4 Å². The van der Waals surface area contributed by atoms with E-state index >= 15 is 0 Å². The highest BCUT2D eigenvalue weighted by Crippen LogP contribution is 2.37. The van der Waals surface area contributed by atoms with Gasteiger partial charge in [0.25, 0.3) is 0 Å². The van der Waals surface area contributed by atoms with Gasteiger partial charge in [-0.2, -0.15) is 0 Å². The van der Waals surface area contributed by atoms with Gasteiger partial charge in [-0.1, -0.05) is 25.8 Å². The number of rotatable bonds is 7. The monoisotopic (exact) mass is 294 g/mol. The van der Waals surface area contributed by atoms with Gasteiger partial charge in [0.1, 0.15) is 0 Å². The Bertz CT molecular complexity index is 366. The molecule has 0 aromatic carbocycles. The molecule has 1 aromatic rings. The normalized spacial score (nSPS) is 27.1. The second-order valence-corrected chi connectivity index (χ2v) is 7.44. The Hall–Kier alpha value is -0.380. The molecule has 1 aliphatic carbocycles. The van der Waals surface area contributed by atoms with Crippen molar-refractivity contribution in [2.24, 2.45) is 11.7 Å². The molecular weight excluding hydrogens is 264 g/mol. The number of likely N-dealkylation sites (N-methyl/N-ethyl adjacent to an activating group) is 1. The molecule has 0 aliphatic heterocycles. The summed E-state index contributed by atoms with van der Waals surface area (Å²) in [5.74, 6) is 0.949. The third kappa shape index (κ3) is 3.84. The quantitative estimate of drug-likeness (QED) is 0.826. The van der Waals surface area contributed by atoms with Crippen LogP contribution in [0.3, 0.4) is 0 Å². The van der Waals surface area contributed by atoms with Crippen LogP contribution in [0.15, 0.2) is 17.5 Å². The van der Waals surface area contributed by atoms with Crippen molar-refractivity contribution in [2.45, 2.75) is 57.4 Å². The third-order valence-corrected chi connectivity index (χ3v) is 6.13. The van der Waals surface area contributed by atoms with Crippen LogP contribution in [0.4, 0.5) is 0 Å². The van der Waals surface area contributed by atoms with Crippen molar-refractivity contribution < 1.29 is 0 Å². The zero-order valence-electron chi connectivity index (χ0n) is 13.1. The Morgan fingerprint density at radius 3 is 2.70 bits per heavy atom. The van der Waals surface area contributed by atoms with E-state index in [1.165, 1.54) is 43.4 Å². The van der Waals surface area contributed by atoms with Gasteiger partial charge in [0.15, 0.2) is 0 Å². The van der Waals surface area contributed by atoms with Crippen LogP contribution in [0.2, 0.25) is 0 Å². The summed E-state index contributed by atoms with van der Waals surface area (Å²) in [5.41, 5.74) is 6.43. The highest BCUT2D eigenvalue weighted by atomic mass is 32.1. The molecule has 3 heteroatoms. The van der Waals surface area contributed by atoms with E-state index in [9.17, 15) is 0 Å². The van der Waals surface area contributed by atoms with Gasteiger partial charge in [0.05, 0.1) is 0 Å². The second kappa shape index (κ2) is 7.58. The number of thiophene rings is 1. The van der Waals surface area contributed by atoms with E-state index in [0.717, 1.165) is 25.4 Å². The summed E-state index contributed by atoms with van der Waals surface area (Å²) >= 11 is 1.87. The molecule has 0 saturated heterocycles. The predicted molar refractivity (Wildman–Crippen MR) is 89.3 cm³/mol. The smallest absolute Gasteiger partial charge is 0.0329 e. The van der Waals surface area contributed by atoms with Gasteiger partial charge >= 0.3 is 0 Å². The van der Waals surface area contributed by atoms with Gasteiger partial charge in [0.2, 0.25) is 0 Å². The van der Waals surface area contributed by atoms with E-state index in [1.807, 2.05) is 11.3 Å². The summed E-state index contributed by atoms with van der Waals surface area (Å²) in [5, 5.41) is 2.17. The minimum atomic E-state index is 0.265. The number of nitrogens with two attached hydrogens (primary N) is 1. The fourth-order valence-corrected chi connectivity index (χ4v) is 4.32. The third-order valence-electron chi connectivity index (χ3n) is 5.20. The summed E-state index contributed by atoms with van der Waals surface area (Å²) in [6, 6.07) is 4.39. The van der Waals surface area contributed by atoms with Crippen molar-refractivity contribution in [3.63, 3.8) is 0 Å². The number of nitrogens with zero attached hydrogens (tertiary/aromatic N) is 1. The van der Waals surface area contributed by atoms with E-state index in [0.29, 0.717) is 0 Å². The first-order valence-corrected chi connectivity index (χ1v) is 9.02. The zero-order chi connectivity index (χ0) is 14.4. The molecule has 114 valence electrons. The lowest BCUT2D eigenvalue weighted by atomic mass is 9.74. The molecule has 2 rings (SSSR count). The van der Waals surface area contributed by atoms with Gasteiger partial charge < -0.3 is 5.73 Å². The largest absolute Gasteiger partial charge is 0.329 e. The minimum absolute atomic E-state index is 0.265. The lowest BCUT2D eigenvalue weighted by Crippen LogP contribution is -2.54. The van der Waals surface area contributed by atoms with E-state index in [-0.39, 0.29) is 5.54 Å². The first-order chi connectivity index (χ1) is 9.70. The van der Waals surface area contributed by atoms with Crippen molar-refractivity contribution in [2.75, 3.05) is 20.1 Å². The maximum absolute atomic E-state index is 6.17. The maximum Gasteiger partial charge on any atom is 0.0329 e. The fourth-order valence-electron chi connectivity index (χ4n) is 3.62.